The standard InChI is InChI=1S/C9H7F6NS/c10-7(8(11,12)9(13,14)15)5-2-1-4(17)3-6(5)16/h1-3,7,17H,16H2. The maximum absolute atomic E-state index is 13.2. The zero-order valence-electron chi connectivity index (χ0n) is 8.10. The SMILES string of the molecule is Nc1cc(S)ccc1C(F)C(F)(F)C(F)(F)F. The Balaban J connectivity index is 3.17. The largest absolute Gasteiger partial charge is 0.456 e. The van der Waals surface area contributed by atoms with E-state index in [0.717, 1.165) is 18.2 Å². The van der Waals surface area contributed by atoms with E-state index in [1.807, 2.05) is 0 Å². The van der Waals surface area contributed by atoms with Crippen molar-refractivity contribution < 1.29 is 26.3 Å². The highest BCUT2D eigenvalue weighted by molar-refractivity contribution is 7.80. The fourth-order valence-electron chi connectivity index (χ4n) is 1.13. The Morgan fingerprint density at radius 1 is 1.12 bits per heavy atom. The van der Waals surface area contributed by atoms with Gasteiger partial charge < -0.3 is 5.73 Å². The van der Waals surface area contributed by atoms with Crippen molar-refractivity contribution in [1.82, 2.24) is 0 Å². The van der Waals surface area contributed by atoms with Gasteiger partial charge in [-0.3, -0.25) is 0 Å². The number of anilines is 1. The monoisotopic (exact) mass is 275 g/mol. The number of hydrogen-bond acceptors (Lipinski definition) is 2. The van der Waals surface area contributed by atoms with Crippen LogP contribution in [0.5, 0.6) is 0 Å². The van der Waals surface area contributed by atoms with Crippen LogP contribution >= 0.6 is 12.6 Å². The number of nitrogen functional groups attached to an aromatic ring is 1. The van der Waals surface area contributed by atoms with Gasteiger partial charge in [-0.15, -0.1) is 12.6 Å². The molecular weight excluding hydrogens is 268 g/mol. The smallest absolute Gasteiger partial charge is 0.398 e. The van der Waals surface area contributed by atoms with Crippen LogP contribution in [-0.2, 0) is 0 Å². The van der Waals surface area contributed by atoms with Gasteiger partial charge in [-0.1, -0.05) is 6.07 Å². The van der Waals surface area contributed by atoms with Crippen molar-refractivity contribution in [3.8, 4) is 0 Å². The lowest BCUT2D eigenvalue weighted by molar-refractivity contribution is -0.305. The average Bonchev–Trinajstić information content (AvgIpc) is 2.14. The highest BCUT2D eigenvalue weighted by Gasteiger charge is 2.63. The lowest BCUT2D eigenvalue weighted by Gasteiger charge is -2.24. The summed E-state index contributed by atoms with van der Waals surface area (Å²) in [6, 6.07) is 2.83. The number of alkyl halides is 6. The molecule has 0 aromatic heterocycles. The lowest BCUT2D eigenvalue weighted by atomic mass is 10.0. The molecule has 0 saturated heterocycles. The highest BCUT2D eigenvalue weighted by atomic mass is 32.1. The summed E-state index contributed by atoms with van der Waals surface area (Å²) >= 11 is 3.79. The van der Waals surface area contributed by atoms with Crippen LogP contribution in [0.1, 0.15) is 11.7 Å². The van der Waals surface area contributed by atoms with Gasteiger partial charge in [-0.25, -0.2) is 4.39 Å². The molecule has 0 spiro atoms. The molecule has 0 aliphatic heterocycles. The van der Waals surface area contributed by atoms with E-state index in [1.165, 1.54) is 0 Å². The van der Waals surface area contributed by atoms with E-state index < -0.39 is 29.5 Å². The Labute approximate surface area is 98.0 Å². The second-order valence-electron chi connectivity index (χ2n) is 3.30. The van der Waals surface area contributed by atoms with Crippen LogP contribution in [0.2, 0.25) is 0 Å². The van der Waals surface area contributed by atoms with Gasteiger partial charge in [0.25, 0.3) is 0 Å². The minimum atomic E-state index is -5.97. The molecule has 2 N–H and O–H groups in total. The van der Waals surface area contributed by atoms with Crippen molar-refractivity contribution in [3.05, 3.63) is 23.8 Å². The van der Waals surface area contributed by atoms with Crippen molar-refractivity contribution >= 4 is 18.3 Å². The molecule has 0 aliphatic rings. The van der Waals surface area contributed by atoms with Crippen molar-refractivity contribution in [1.29, 1.82) is 0 Å². The summed E-state index contributed by atoms with van der Waals surface area (Å²) in [5, 5.41) is 0. The first-order valence-electron chi connectivity index (χ1n) is 4.24. The van der Waals surface area contributed by atoms with Crippen LogP contribution in [0, 0.1) is 0 Å². The number of benzene rings is 1. The molecule has 96 valence electrons. The van der Waals surface area contributed by atoms with E-state index in [2.05, 4.69) is 12.6 Å². The summed E-state index contributed by atoms with van der Waals surface area (Å²) in [6.07, 6.45) is -9.52. The first-order valence-corrected chi connectivity index (χ1v) is 4.69. The molecule has 8 heteroatoms. The minimum Gasteiger partial charge on any atom is -0.398 e. The van der Waals surface area contributed by atoms with Gasteiger partial charge in [-0.05, 0) is 12.1 Å². The van der Waals surface area contributed by atoms with E-state index in [4.69, 9.17) is 5.73 Å². The minimum absolute atomic E-state index is 0.230. The van der Waals surface area contributed by atoms with Crippen LogP contribution in [0.3, 0.4) is 0 Å². The molecule has 0 bridgehead atoms. The van der Waals surface area contributed by atoms with Crippen LogP contribution in [0.4, 0.5) is 32.0 Å². The summed E-state index contributed by atoms with van der Waals surface area (Å²) in [5.74, 6) is -5.49. The van der Waals surface area contributed by atoms with E-state index in [0.29, 0.717) is 0 Å². The summed E-state index contributed by atoms with van der Waals surface area (Å²) in [5.41, 5.74) is 3.76. The Kier molecular flexibility index (Phi) is 3.56. The second-order valence-corrected chi connectivity index (χ2v) is 3.81. The van der Waals surface area contributed by atoms with Crippen molar-refractivity contribution in [3.63, 3.8) is 0 Å². The Morgan fingerprint density at radius 2 is 1.65 bits per heavy atom. The average molecular weight is 275 g/mol. The number of hydrogen-bond donors (Lipinski definition) is 2. The molecule has 1 atom stereocenters. The second kappa shape index (κ2) is 4.32. The Morgan fingerprint density at radius 3 is 2.06 bits per heavy atom. The molecule has 17 heavy (non-hydrogen) atoms. The summed E-state index contributed by atoms with van der Waals surface area (Å²) in [7, 11) is 0. The fraction of sp³-hybridized carbons (Fsp3) is 0.333. The van der Waals surface area contributed by atoms with Gasteiger partial charge in [-0.2, -0.15) is 22.0 Å². The normalized spacial score (nSPS) is 14.8. The molecule has 0 heterocycles. The van der Waals surface area contributed by atoms with E-state index in [-0.39, 0.29) is 4.90 Å². The first kappa shape index (κ1) is 14.0. The zero-order valence-corrected chi connectivity index (χ0v) is 9.00. The van der Waals surface area contributed by atoms with Gasteiger partial charge in [0.05, 0.1) is 0 Å². The quantitative estimate of drug-likeness (QED) is 0.479. The van der Waals surface area contributed by atoms with Gasteiger partial charge in [0.15, 0.2) is 6.17 Å². The van der Waals surface area contributed by atoms with Gasteiger partial charge in [0.1, 0.15) is 0 Å². The van der Waals surface area contributed by atoms with Crippen LogP contribution in [0.25, 0.3) is 0 Å². The van der Waals surface area contributed by atoms with Gasteiger partial charge in [0.2, 0.25) is 0 Å². The number of halogens is 6. The summed E-state index contributed by atoms with van der Waals surface area (Å²) in [4.78, 5) is 0.230. The molecule has 0 radical (unpaired) electrons. The van der Waals surface area contributed by atoms with Crippen LogP contribution in [-0.4, -0.2) is 12.1 Å². The van der Waals surface area contributed by atoms with E-state index >= 15 is 0 Å². The van der Waals surface area contributed by atoms with Crippen molar-refractivity contribution in [2.24, 2.45) is 0 Å². The molecule has 1 rings (SSSR count). The van der Waals surface area contributed by atoms with Gasteiger partial charge in [0, 0.05) is 16.1 Å². The van der Waals surface area contributed by atoms with Crippen molar-refractivity contribution in [2.75, 3.05) is 5.73 Å². The maximum atomic E-state index is 13.2. The summed E-state index contributed by atoms with van der Waals surface area (Å²) < 4.78 is 74.5. The predicted octanol–water partition coefficient (Wildman–Crippen LogP) is 3.77. The molecule has 0 amide bonds. The lowest BCUT2D eigenvalue weighted by Crippen LogP contribution is -2.40. The Hall–Kier alpha value is -1.05. The van der Waals surface area contributed by atoms with E-state index in [9.17, 15) is 26.3 Å². The maximum Gasteiger partial charge on any atom is 0.456 e. The number of thiol groups is 1. The molecule has 1 aromatic rings. The topological polar surface area (TPSA) is 26.0 Å². The van der Waals surface area contributed by atoms with Crippen molar-refractivity contribution in [2.45, 2.75) is 23.2 Å². The molecule has 1 unspecified atom stereocenters. The predicted molar refractivity (Wildman–Crippen MR) is 53.0 cm³/mol. The zero-order chi connectivity index (χ0) is 13.4. The summed E-state index contributed by atoms with van der Waals surface area (Å²) in [6.45, 7) is 0. The molecule has 0 saturated carbocycles. The molecule has 0 aliphatic carbocycles. The molecular formula is C9H7F6NS. The molecule has 1 aromatic carbocycles. The Bertz CT molecular complexity index is 416. The third-order valence-corrected chi connectivity index (χ3v) is 2.32. The number of nitrogens with two attached hydrogens (primary N) is 1. The van der Waals surface area contributed by atoms with E-state index in [1.54, 1.807) is 0 Å². The molecule has 1 nitrogen and oxygen atoms in total. The molecule has 0 fully saturated rings. The highest BCUT2D eigenvalue weighted by Crippen LogP contribution is 2.47. The van der Waals surface area contributed by atoms with Gasteiger partial charge >= 0.3 is 12.1 Å². The number of rotatable bonds is 2. The first-order chi connectivity index (χ1) is 7.57. The fourth-order valence-corrected chi connectivity index (χ4v) is 1.35. The third kappa shape index (κ3) is 2.62. The van der Waals surface area contributed by atoms with Crippen LogP contribution in [0.15, 0.2) is 23.1 Å². The van der Waals surface area contributed by atoms with Crippen LogP contribution < -0.4 is 5.73 Å². The third-order valence-electron chi connectivity index (χ3n) is 2.04.